The maximum absolute atomic E-state index is 9.69. The van der Waals surface area contributed by atoms with Crippen LogP contribution in [0.25, 0.3) is 0 Å². The van der Waals surface area contributed by atoms with Crippen LogP contribution < -0.4 is 0 Å². The second-order valence-electron chi connectivity index (χ2n) is 0.924. The smallest absolute Gasteiger partial charge is 0 e. The zero-order valence-electron chi connectivity index (χ0n) is 4.75. The van der Waals surface area contributed by atoms with E-state index in [2.05, 4.69) is 0 Å². The summed E-state index contributed by atoms with van der Waals surface area (Å²) < 4.78 is 54.4. The Balaban J connectivity index is 0. The Bertz CT molecular complexity index is 241. The standard InChI is InChI=1S/K.H2O6S2Se/c;1-7(2,3)9-8(4,5)6/h;(H,1,2,3)(H,4,5,6). The Morgan fingerprint density at radius 1 is 0.900 bits per heavy atom. The first-order chi connectivity index (χ1) is 3.71. The van der Waals surface area contributed by atoms with Gasteiger partial charge in [-0.1, -0.05) is 0 Å². The predicted molar refractivity (Wildman–Crippen MR) is 34.6 cm³/mol. The summed E-state index contributed by atoms with van der Waals surface area (Å²) in [4.78, 5) is 0. The van der Waals surface area contributed by atoms with Crippen LogP contribution in [0.2, 0.25) is 0 Å². The summed E-state index contributed by atoms with van der Waals surface area (Å²) in [5.74, 6) is 0. The number of rotatable bonds is 2. The average Bonchev–Trinajstić information content (AvgIpc) is 1.14. The van der Waals surface area contributed by atoms with Crippen molar-refractivity contribution in [3.63, 3.8) is 0 Å². The van der Waals surface area contributed by atoms with Crippen LogP contribution in [0.3, 0.4) is 0 Å². The maximum Gasteiger partial charge on any atom is 0 e. The molecule has 0 aliphatic heterocycles. The summed E-state index contributed by atoms with van der Waals surface area (Å²) in [5, 5.41) is 0. The van der Waals surface area contributed by atoms with Gasteiger partial charge >= 0.3 is 55.7 Å². The van der Waals surface area contributed by atoms with E-state index in [1.54, 1.807) is 0 Å². The van der Waals surface area contributed by atoms with Gasteiger partial charge < -0.3 is 0 Å². The summed E-state index contributed by atoms with van der Waals surface area (Å²) in [6.45, 7) is 0. The van der Waals surface area contributed by atoms with E-state index >= 15 is 0 Å². The van der Waals surface area contributed by atoms with Crippen molar-refractivity contribution in [1.82, 2.24) is 0 Å². The minimum atomic E-state index is -4.56. The Morgan fingerprint density at radius 3 is 1.10 bits per heavy atom. The van der Waals surface area contributed by atoms with E-state index in [1.807, 2.05) is 0 Å². The van der Waals surface area contributed by atoms with Crippen molar-refractivity contribution < 1.29 is 25.9 Å². The summed E-state index contributed by atoms with van der Waals surface area (Å²) in [6.07, 6.45) is 0. The van der Waals surface area contributed by atoms with Crippen LogP contribution in [0.1, 0.15) is 0 Å². The number of hydrogen-bond donors (Lipinski definition) is 2. The first-order valence-electron chi connectivity index (χ1n) is 1.37. The molecule has 6 nitrogen and oxygen atoms in total. The van der Waals surface area contributed by atoms with E-state index < -0.39 is 29.8 Å². The Morgan fingerprint density at radius 2 is 1.10 bits per heavy atom. The Labute approximate surface area is 105 Å². The van der Waals surface area contributed by atoms with Gasteiger partial charge in [0, 0.05) is 51.4 Å². The minimum Gasteiger partial charge on any atom is 0 e. The molecule has 0 rings (SSSR count). The minimum absolute atomic E-state index is 0. The molecule has 0 aromatic carbocycles. The quantitative estimate of drug-likeness (QED) is 0.444. The molecule has 10 heavy (non-hydrogen) atoms. The molecule has 0 bridgehead atoms. The van der Waals surface area contributed by atoms with Gasteiger partial charge in [-0.05, 0) is 0 Å². The molecule has 0 saturated heterocycles. The van der Waals surface area contributed by atoms with Gasteiger partial charge in [0.15, 0.2) is 0 Å². The van der Waals surface area contributed by atoms with Gasteiger partial charge in [-0.25, -0.2) is 0 Å². The molecule has 0 amide bonds. The van der Waals surface area contributed by atoms with Crippen molar-refractivity contribution in [2.45, 2.75) is 0 Å². The fourth-order valence-corrected chi connectivity index (χ4v) is 5.08. The van der Waals surface area contributed by atoms with E-state index in [9.17, 15) is 16.8 Å². The van der Waals surface area contributed by atoms with Gasteiger partial charge in [0.2, 0.25) is 0 Å². The number of hydrogen-bond acceptors (Lipinski definition) is 4. The summed E-state index contributed by atoms with van der Waals surface area (Å²) in [5.41, 5.74) is 0. The van der Waals surface area contributed by atoms with Crippen LogP contribution in [0.5, 0.6) is 0 Å². The van der Waals surface area contributed by atoms with E-state index in [1.165, 1.54) is 0 Å². The first kappa shape index (κ1) is 14.5. The van der Waals surface area contributed by atoms with Gasteiger partial charge in [-0.15, -0.1) is 0 Å². The molecule has 0 aromatic heterocycles. The predicted octanol–water partition coefficient (Wildman–Crippen LogP) is -2.08. The molecule has 1 radical (unpaired) electrons. The van der Waals surface area contributed by atoms with Crippen LogP contribution in [0, 0.1) is 0 Å². The van der Waals surface area contributed by atoms with E-state index in [-0.39, 0.29) is 51.4 Å². The molecule has 10 heteroatoms. The van der Waals surface area contributed by atoms with Gasteiger partial charge in [0.05, 0.1) is 0 Å². The van der Waals surface area contributed by atoms with Crippen LogP contribution in [-0.2, 0) is 17.1 Å². The van der Waals surface area contributed by atoms with Gasteiger partial charge in [0.1, 0.15) is 0 Å². The zero-order chi connectivity index (χ0) is 7.71. The molecule has 0 aliphatic rings. The van der Waals surface area contributed by atoms with Crippen molar-refractivity contribution >= 4 is 81.2 Å². The topological polar surface area (TPSA) is 109 Å². The molecule has 0 aliphatic carbocycles. The third kappa shape index (κ3) is 12.6. The third-order valence-electron chi connectivity index (χ3n) is 0.172. The molecule has 0 atom stereocenters. The molecule has 57 valence electrons. The fraction of sp³-hybridized carbons (Fsp3) is 0. The Hall–Kier alpha value is 1.98. The third-order valence-corrected chi connectivity index (χ3v) is 8.04. The van der Waals surface area contributed by atoms with Crippen molar-refractivity contribution in [3.05, 3.63) is 0 Å². The molecule has 0 fully saturated rings. The largest absolute Gasteiger partial charge is 0 e. The van der Waals surface area contributed by atoms with Crippen LogP contribution in [0.15, 0.2) is 0 Å². The monoisotopic (exact) mass is 281 g/mol. The van der Waals surface area contributed by atoms with E-state index in [4.69, 9.17) is 9.11 Å². The maximum atomic E-state index is 9.69. The second-order valence-corrected chi connectivity index (χ2v) is 11.1. The summed E-state index contributed by atoms with van der Waals surface area (Å²) >= 11 is -2.19. The normalized spacial score (nSPS) is 12.2. The van der Waals surface area contributed by atoms with Crippen molar-refractivity contribution in [2.75, 3.05) is 0 Å². The van der Waals surface area contributed by atoms with Gasteiger partial charge in [0.25, 0.3) is 0 Å². The van der Waals surface area contributed by atoms with E-state index in [0.29, 0.717) is 0 Å². The van der Waals surface area contributed by atoms with Crippen molar-refractivity contribution in [1.29, 1.82) is 0 Å². The molecular formula is H2KO6S2Se. The van der Waals surface area contributed by atoms with Crippen molar-refractivity contribution in [3.8, 4) is 0 Å². The summed E-state index contributed by atoms with van der Waals surface area (Å²) in [6, 6.07) is 0. The van der Waals surface area contributed by atoms with E-state index in [0.717, 1.165) is 0 Å². The zero-order valence-corrected chi connectivity index (χ0v) is 11.2. The van der Waals surface area contributed by atoms with Crippen LogP contribution in [0.4, 0.5) is 0 Å². The fourth-order valence-electron chi connectivity index (χ4n) is 0.109. The molecule has 0 spiro atoms. The van der Waals surface area contributed by atoms with Crippen LogP contribution >= 0.6 is 0 Å². The van der Waals surface area contributed by atoms with Gasteiger partial charge in [-0.3, -0.25) is 0 Å². The molecule has 0 saturated carbocycles. The molecular weight excluding hydrogens is 278 g/mol. The second kappa shape index (κ2) is 4.87. The Kier molecular flexibility index (Phi) is 7.06. The molecule has 0 heterocycles. The molecule has 0 aromatic rings. The molecule has 2 N–H and O–H groups in total. The summed E-state index contributed by atoms with van der Waals surface area (Å²) in [7, 11) is -9.11. The van der Waals surface area contributed by atoms with Crippen molar-refractivity contribution in [2.24, 2.45) is 0 Å². The SMILES string of the molecule is O=S(=O)(O)[Se]S(=O)(=O)O.[K]. The average molecular weight is 280 g/mol. The van der Waals surface area contributed by atoms with Gasteiger partial charge in [-0.2, -0.15) is 0 Å². The first-order valence-corrected chi connectivity index (χ1v) is 8.29. The molecule has 0 unspecified atom stereocenters. The van der Waals surface area contributed by atoms with Crippen LogP contribution in [-0.4, -0.2) is 90.0 Å².